The molecule has 0 spiro atoms. The van der Waals surface area contributed by atoms with E-state index in [9.17, 15) is 14.0 Å². The zero-order valence-electron chi connectivity index (χ0n) is 16.5. The number of carbonyl (C=O) groups is 1. The van der Waals surface area contributed by atoms with Gasteiger partial charge in [0.15, 0.2) is 5.16 Å². The van der Waals surface area contributed by atoms with Crippen LogP contribution in [-0.2, 0) is 4.79 Å². The van der Waals surface area contributed by atoms with Crippen LogP contribution in [0.2, 0.25) is 0 Å². The number of nitrogens with zero attached hydrogens (tertiary/aromatic N) is 4. The molecule has 1 amide bonds. The molecule has 0 aliphatic carbocycles. The Hall–Kier alpha value is -3.66. The number of halogens is 1. The van der Waals surface area contributed by atoms with Crippen LogP contribution >= 0.6 is 11.8 Å². The molecular formula is C21H18FN5O3S. The van der Waals surface area contributed by atoms with Crippen LogP contribution in [0.4, 0.5) is 10.1 Å². The first-order chi connectivity index (χ1) is 15.1. The zero-order valence-corrected chi connectivity index (χ0v) is 17.3. The number of rotatable bonds is 7. The van der Waals surface area contributed by atoms with Crippen molar-refractivity contribution in [2.24, 2.45) is 0 Å². The minimum atomic E-state index is -0.511. The van der Waals surface area contributed by atoms with E-state index >= 15 is 0 Å². The van der Waals surface area contributed by atoms with Crippen molar-refractivity contribution in [3.63, 3.8) is 0 Å². The van der Waals surface area contributed by atoms with Gasteiger partial charge in [0.25, 0.3) is 0 Å². The minimum absolute atomic E-state index is 0.0168. The van der Waals surface area contributed by atoms with E-state index in [1.807, 2.05) is 6.92 Å². The first-order valence-electron chi connectivity index (χ1n) is 9.43. The lowest BCUT2D eigenvalue weighted by Crippen LogP contribution is -2.20. The highest BCUT2D eigenvalue weighted by molar-refractivity contribution is 7.99. The van der Waals surface area contributed by atoms with Crippen molar-refractivity contribution < 1.29 is 13.9 Å². The Morgan fingerprint density at radius 3 is 2.65 bits per heavy atom. The summed E-state index contributed by atoms with van der Waals surface area (Å²) in [6.45, 7) is 2.46. The van der Waals surface area contributed by atoms with Crippen LogP contribution in [0.3, 0.4) is 0 Å². The molecule has 0 fully saturated rings. The number of carbonyl (C=O) groups excluding carboxylic acids is 1. The van der Waals surface area contributed by atoms with E-state index in [1.54, 1.807) is 48.8 Å². The van der Waals surface area contributed by atoms with E-state index < -0.39 is 11.7 Å². The summed E-state index contributed by atoms with van der Waals surface area (Å²) in [4.78, 5) is 25.0. The zero-order chi connectivity index (χ0) is 21.8. The van der Waals surface area contributed by atoms with Gasteiger partial charge in [-0.2, -0.15) is 0 Å². The van der Waals surface area contributed by atoms with Gasteiger partial charge in [0.1, 0.15) is 11.6 Å². The lowest BCUT2D eigenvalue weighted by Gasteiger charge is -2.08. The van der Waals surface area contributed by atoms with Crippen molar-refractivity contribution in [2.45, 2.75) is 12.1 Å². The van der Waals surface area contributed by atoms with Gasteiger partial charge in [-0.15, -0.1) is 10.2 Å². The van der Waals surface area contributed by atoms with Gasteiger partial charge in [-0.25, -0.2) is 4.39 Å². The standard InChI is InChI=1S/C21H18FN5O3S/c1-2-30-15-9-7-14(8-10-15)26-11-12-27-19(20(26)29)24-25-21(27)31-13-18(28)23-17-6-4-3-5-16(17)22/h3-12H,2,13H2,1H3,(H,23,28). The number of thioether (sulfide) groups is 1. The molecule has 2 aromatic carbocycles. The summed E-state index contributed by atoms with van der Waals surface area (Å²) in [5, 5.41) is 10.9. The monoisotopic (exact) mass is 439 g/mol. The molecule has 2 heterocycles. The van der Waals surface area contributed by atoms with Gasteiger partial charge in [0, 0.05) is 18.1 Å². The first kappa shape index (κ1) is 20.6. The van der Waals surface area contributed by atoms with Crippen LogP contribution in [0.25, 0.3) is 11.3 Å². The van der Waals surface area contributed by atoms with Crippen LogP contribution < -0.4 is 15.6 Å². The largest absolute Gasteiger partial charge is 0.494 e. The second-order valence-electron chi connectivity index (χ2n) is 6.39. The van der Waals surface area contributed by atoms with E-state index in [2.05, 4.69) is 15.5 Å². The number of benzene rings is 2. The van der Waals surface area contributed by atoms with Gasteiger partial charge >= 0.3 is 5.56 Å². The second kappa shape index (κ2) is 9.00. The Morgan fingerprint density at radius 2 is 1.90 bits per heavy atom. The molecule has 10 heteroatoms. The maximum Gasteiger partial charge on any atom is 0.300 e. The normalized spacial score (nSPS) is 10.9. The summed E-state index contributed by atoms with van der Waals surface area (Å²) in [6, 6.07) is 13.1. The summed E-state index contributed by atoms with van der Waals surface area (Å²) in [5.74, 6) is -0.203. The van der Waals surface area contributed by atoms with E-state index in [0.717, 1.165) is 17.5 Å². The summed E-state index contributed by atoms with van der Waals surface area (Å²) in [7, 11) is 0. The van der Waals surface area contributed by atoms with Crippen molar-refractivity contribution in [3.05, 3.63) is 77.1 Å². The highest BCUT2D eigenvalue weighted by Crippen LogP contribution is 2.19. The number of ether oxygens (including phenoxy) is 1. The third kappa shape index (κ3) is 4.43. The lowest BCUT2D eigenvalue weighted by molar-refractivity contribution is -0.113. The summed E-state index contributed by atoms with van der Waals surface area (Å²) in [5.41, 5.74) is 0.560. The molecule has 2 aromatic heterocycles. The SMILES string of the molecule is CCOc1ccc(-n2ccn3c(SCC(=O)Nc4ccccc4F)nnc3c2=O)cc1. The number of hydrogen-bond acceptors (Lipinski definition) is 6. The molecular weight excluding hydrogens is 421 g/mol. The fourth-order valence-electron chi connectivity index (χ4n) is 2.92. The van der Waals surface area contributed by atoms with Crippen LogP contribution in [0.15, 0.2) is 70.9 Å². The van der Waals surface area contributed by atoms with Gasteiger partial charge in [-0.3, -0.25) is 18.6 Å². The first-order valence-corrected chi connectivity index (χ1v) is 10.4. The van der Waals surface area contributed by atoms with Gasteiger partial charge in [-0.05, 0) is 43.3 Å². The van der Waals surface area contributed by atoms with E-state index in [0.29, 0.717) is 17.5 Å². The minimum Gasteiger partial charge on any atom is -0.494 e. The number of amides is 1. The van der Waals surface area contributed by atoms with E-state index in [4.69, 9.17) is 4.74 Å². The summed E-state index contributed by atoms with van der Waals surface area (Å²) in [6.07, 6.45) is 3.27. The van der Waals surface area contributed by atoms with Gasteiger partial charge < -0.3 is 10.1 Å². The maximum absolute atomic E-state index is 13.7. The number of hydrogen-bond donors (Lipinski definition) is 1. The van der Waals surface area contributed by atoms with Crippen LogP contribution in [0.5, 0.6) is 5.75 Å². The van der Waals surface area contributed by atoms with Crippen LogP contribution in [-0.4, -0.2) is 37.4 Å². The molecule has 0 bridgehead atoms. The maximum atomic E-state index is 13.7. The van der Waals surface area contributed by atoms with Crippen LogP contribution in [0.1, 0.15) is 6.92 Å². The fourth-order valence-corrected chi connectivity index (χ4v) is 3.63. The molecule has 0 saturated carbocycles. The molecule has 0 aliphatic heterocycles. The molecule has 31 heavy (non-hydrogen) atoms. The van der Waals surface area contributed by atoms with Gasteiger partial charge in [0.05, 0.1) is 18.0 Å². The molecule has 4 aromatic rings. The van der Waals surface area contributed by atoms with Crippen molar-refractivity contribution in [1.82, 2.24) is 19.2 Å². The average Bonchev–Trinajstić information content (AvgIpc) is 3.19. The number of para-hydroxylation sites is 1. The topological polar surface area (TPSA) is 90.5 Å². The number of nitrogens with one attached hydrogen (secondary N) is 1. The third-order valence-corrected chi connectivity index (χ3v) is 5.29. The number of aromatic nitrogens is 4. The molecule has 4 rings (SSSR count). The van der Waals surface area contributed by atoms with Crippen molar-refractivity contribution >= 4 is 29.0 Å². The average molecular weight is 439 g/mol. The van der Waals surface area contributed by atoms with Crippen molar-refractivity contribution in [3.8, 4) is 11.4 Å². The summed E-state index contributed by atoms with van der Waals surface area (Å²) < 4.78 is 22.1. The molecule has 0 aliphatic rings. The molecule has 8 nitrogen and oxygen atoms in total. The van der Waals surface area contributed by atoms with Crippen LogP contribution in [0, 0.1) is 5.82 Å². The summed E-state index contributed by atoms with van der Waals surface area (Å²) >= 11 is 1.10. The van der Waals surface area contributed by atoms with Crippen molar-refractivity contribution in [2.75, 3.05) is 17.7 Å². The van der Waals surface area contributed by atoms with E-state index in [-0.39, 0.29) is 22.6 Å². The highest BCUT2D eigenvalue weighted by atomic mass is 32.2. The predicted octanol–water partition coefficient (Wildman–Crippen LogP) is 3.15. The van der Waals surface area contributed by atoms with Crippen molar-refractivity contribution in [1.29, 1.82) is 0 Å². The Labute approximate surface area is 180 Å². The Morgan fingerprint density at radius 1 is 1.13 bits per heavy atom. The predicted molar refractivity (Wildman–Crippen MR) is 116 cm³/mol. The van der Waals surface area contributed by atoms with E-state index in [1.165, 1.54) is 21.1 Å². The molecule has 0 unspecified atom stereocenters. The molecule has 0 saturated heterocycles. The fraction of sp³-hybridized carbons (Fsp3) is 0.143. The van der Waals surface area contributed by atoms with Gasteiger partial charge in [-0.1, -0.05) is 23.9 Å². The molecule has 158 valence electrons. The Kier molecular flexibility index (Phi) is 5.99. The highest BCUT2D eigenvalue weighted by Gasteiger charge is 2.14. The number of fused-ring (bicyclic) bond motifs is 1. The molecule has 1 N–H and O–H groups in total. The Balaban J connectivity index is 1.50. The number of anilines is 1. The smallest absolute Gasteiger partial charge is 0.300 e. The molecule has 0 radical (unpaired) electrons. The lowest BCUT2D eigenvalue weighted by atomic mass is 10.3. The second-order valence-corrected chi connectivity index (χ2v) is 7.34. The third-order valence-electron chi connectivity index (χ3n) is 4.35. The molecule has 0 atom stereocenters. The quantitative estimate of drug-likeness (QED) is 0.445. The Bertz CT molecular complexity index is 1290. The van der Waals surface area contributed by atoms with Gasteiger partial charge in [0.2, 0.25) is 11.6 Å².